The molecule has 0 saturated carbocycles. The van der Waals surface area contributed by atoms with Gasteiger partial charge in [-0.05, 0) is 49.7 Å². The predicted molar refractivity (Wildman–Crippen MR) is 102 cm³/mol. The van der Waals surface area contributed by atoms with Gasteiger partial charge < -0.3 is 15.4 Å². The fourth-order valence-electron chi connectivity index (χ4n) is 2.37. The Kier molecular flexibility index (Phi) is 7.63. The molecule has 138 valence electrons. The molecule has 1 atom stereocenters. The molecule has 0 fully saturated rings. The van der Waals surface area contributed by atoms with Crippen LogP contribution in [0.4, 0.5) is 5.69 Å². The van der Waals surface area contributed by atoms with Gasteiger partial charge in [0.25, 0.3) is 5.91 Å². The van der Waals surface area contributed by atoms with Crippen LogP contribution in [0.2, 0.25) is 5.02 Å². The Morgan fingerprint density at radius 1 is 1.12 bits per heavy atom. The molecule has 0 aliphatic carbocycles. The van der Waals surface area contributed by atoms with Gasteiger partial charge in [-0.25, -0.2) is 4.79 Å². The normalized spacial score (nSPS) is 11.7. The van der Waals surface area contributed by atoms with Crippen LogP contribution in [0.3, 0.4) is 0 Å². The first-order valence-corrected chi connectivity index (χ1v) is 9.03. The minimum atomic E-state index is -0.352. The first-order valence-electron chi connectivity index (χ1n) is 8.65. The molecule has 26 heavy (non-hydrogen) atoms. The second kappa shape index (κ2) is 9.94. The number of hydrogen-bond donors (Lipinski definition) is 2. The van der Waals surface area contributed by atoms with Gasteiger partial charge in [0.1, 0.15) is 6.04 Å². The van der Waals surface area contributed by atoms with Crippen molar-refractivity contribution < 1.29 is 19.6 Å². The molecule has 0 aromatic heterocycles. The van der Waals surface area contributed by atoms with Gasteiger partial charge in [0, 0.05) is 16.3 Å². The van der Waals surface area contributed by atoms with E-state index >= 15 is 0 Å². The molecule has 0 spiro atoms. The van der Waals surface area contributed by atoms with Crippen LogP contribution in [0.1, 0.15) is 42.2 Å². The van der Waals surface area contributed by atoms with E-state index in [9.17, 15) is 9.59 Å². The van der Waals surface area contributed by atoms with Crippen molar-refractivity contribution in [1.29, 1.82) is 0 Å². The molecule has 5 nitrogen and oxygen atoms in total. The molecule has 3 N–H and O–H groups in total. The van der Waals surface area contributed by atoms with Crippen LogP contribution in [0.5, 0.6) is 0 Å². The molecule has 0 unspecified atom stereocenters. The smallest absolute Gasteiger partial charge is 0.338 e. The molecule has 0 aliphatic rings. The molecule has 0 bridgehead atoms. The van der Waals surface area contributed by atoms with E-state index < -0.39 is 0 Å². The number of carbonyl (C=O) groups is 2. The van der Waals surface area contributed by atoms with E-state index in [4.69, 9.17) is 16.3 Å². The van der Waals surface area contributed by atoms with Gasteiger partial charge in [-0.15, -0.1) is 0 Å². The quantitative estimate of drug-likeness (QED) is 0.696. The second-order valence-corrected chi connectivity index (χ2v) is 6.48. The van der Waals surface area contributed by atoms with Gasteiger partial charge in [-0.2, -0.15) is 0 Å². The van der Waals surface area contributed by atoms with Crippen molar-refractivity contribution in [2.24, 2.45) is 0 Å². The minimum absolute atomic E-state index is 0.105. The highest BCUT2D eigenvalue weighted by Gasteiger charge is 2.12. The van der Waals surface area contributed by atoms with E-state index in [1.807, 2.05) is 43.4 Å². The molecule has 2 aromatic carbocycles. The molecular formula is C20H24ClN2O3+. The monoisotopic (exact) mass is 375 g/mol. The van der Waals surface area contributed by atoms with E-state index in [1.165, 1.54) is 0 Å². The topological polar surface area (TPSA) is 72.0 Å². The average molecular weight is 376 g/mol. The van der Waals surface area contributed by atoms with Crippen molar-refractivity contribution in [2.75, 3.05) is 18.5 Å². The number of benzene rings is 2. The lowest BCUT2D eigenvalue weighted by Crippen LogP contribution is -2.86. The van der Waals surface area contributed by atoms with E-state index in [-0.39, 0.29) is 17.9 Å². The summed E-state index contributed by atoms with van der Waals surface area (Å²) < 4.78 is 5.07. The Bertz CT molecular complexity index is 730. The van der Waals surface area contributed by atoms with Crippen LogP contribution >= 0.6 is 11.6 Å². The Labute approximate surface area is 158 Å². The van der Waals surface area contributed by atoms with Gasteiger partial charge in [0.15, 0.2) is 6.54 Å². The molecular weight excluding hydrogens is 352 g/mol. The Balaban J connectivity index is 1.82. The molecule has 0 radical (unpaired) electrons. The maximum Gasteiger partial charge on any atom is 0.338 e. The molecule has 6 heteroatoms. The zero-order valence-corrected chi connectivity index (χ0v) is 15.8. The molecule has 2 rings (SSSR count). The van der Waals surface area contributed by atoms with Crippen molar-refractivity contribution in [3.63, 3.8) is 0 Å². The van der Waals surface area contributed by atoms with E-state index in [0.717, 1.165) is 12.0 Å². The van der Waals surface area contributed by atoms with Gasteiger partial charge in [-0.1, -0.05) is 30.7 Å². The number of quaternary nitrogens is 1. The molecule has 1 amide bonds. The van der Waals surface area contributed by atoms with Gasteiger partial charge >= 0.3 is 5.97 Å². The summed E-state index contributed by atoms with van der Waals surface area (Å²) in [7, 11) is 0. The van der Waals surface area contributed by atoms with Gasteiger partial charge in [0.2, 0.25) is 0 Å². The fraction of sp³-hybridized carbons (Fsp3) is 0.300. The first-order chi connectivity index (χ1) is 12.5. The number of esters is 1. The number of hydrogen-bond acceptors (Lipinski definition) is 3. The number of ether oxygens (including phenoxy) is 1. The summed E-state index contributed by atoms with van der Waals surface area (Å²) in [5.74, 6) is -0.457. The largest absolute Gasteiger partial charge is 0.462 e. The number of carbonyl (C=O) groups excluding carboxylic acids is 2. The van der Waals surface area contributed by atoms with Crippen molar-refractivity contribution in [3.05, 3.63) is 64.7 Å². The van der Waals surface area contributed by atoms with Gasteiger partial charge in [-0.3, -0.25) is 4.79 Å². The van der Waals surface area contributed by atoms with E-state index in [0.29, 0.717) is 29.4 Å². The number of nitrogens with one attached hydrogen (secondary N) is 1. The van der Waals surface area contributed by atoms with Crippen LogP contribution in [0, 0.1) is 0 Å². The maximum atomic E-state index is 12.1. The van der Waals surface area contributed by atoms with Crippen LogP contribution in [-0.2, 0) is 9.53 Å². The lowest BCUT2D eigenvalue weighted by Gasteiger charge is -2.11. The first kappa shape index (κ1) is 19.9. The molecule has 0 heterocycles. The summed E-state index contributed by atoms with van der Waals surface area (Å²) in [5.41, 5.74) is 2.23. The van der Waals surface area contributed by atoms with Crippen molar-refractivity contribution in [2.45, 2.75) is 26.3 Å². The summed E-state index contributed by atoms with van der Waals surface area (Å²) in [4.78, 5) is 23.9. The summed E-state index contributed by atoms with van der Waals surface area (Å²) in [5, 5.41) is 5.47. The number of halogens is 1. The SMILES string of the molecule is CCCOC(=O)c1ccc(NC(=O)C[NH2+][C@@H](C)c2ccc(Cl)cc2)cc1. The van der Waals surface area contributed by atoms with E-state index in [2.05, 4.69) is 5.32 Å². The van der Waals surface area contributed by atoms with Crippen LogP contribution in [0.25, 0.3) is 0 Å². The molecule has 0 saturated heterocycles. The lowest BCUT2D eigenvalue weighted by molar-refractivity contribution is -0.682. The highest BCUT2D eigenvalue weighted by molar-refractivity contribution is 6.30. The van der Waals surface area contributed by atoms with E-state index in [1.54, 1.807) is 24.3 Å². The number of amides is 1. The van der Waals surface area contributed by atoms with Crippen LogP contribution in [-0.4, -0.2) is 25.0 Å². The van der Waals surface area contributed by atoms with Crippen molar-refractivity contribution in [3.8, 4) is 0 Å². The number of rotatable bonds is 8. The van der Waals surface area contributed by atoms with Crippen molar-refractivity contribution >= 4 is 29.2 Å². The van der Waals surface area contributed by atoms with Crippen LogP contribution in [0.15, 0.2) is 48.5 Å². The number of nitrogens with two attached hydrogens (primary N) is 1. The zero-order valence-electron chi connectivity index (χ0n) is 15.0. The number of anilines is 1. The minimum Gasteiger partial charge on any atom is -0.462 e. The summed E-state index contributed by atoms with van der Waals surface area (Å²) in [6.07, 6.45) is 0.783. The Morgan fingerprint density at radius 2 is 1.77 bits per heavy atom. The average Bonchev–Trinajstić information content (AvgIpc) is 2.65. The third-order valence-electron chi connectivity index (χ3n) is 3.89. The standard InChI is InChI=1S/C20H23ClN2O3/c1-3-12-26-20(25)16-6-10-18(11-7-16)23-19(24)13-22-14(2)15-4-8-17(21)9-5-15/h4-11,14,22H,3,12-13H2,1-2H3,(H,23,24)/p+1/t14-/m0/s1. The third-order valence-corrected chi connectivity index (χ3v) is 4.15. The second-order valence-electron chi connectivity index (χ2n) is 6.04. The highest BCUT2D eigenvalue weighted by Crippen LogP contribution is 2.13. The highest BCUT2D eigenvalue weighted by atomic mass is 35.5. The summed E-state index contributed by atoms with van der Waals surface area (Å²) >= 11 is 5.89. The van der Waals surface area contributed by atoms with Crippen LogP contribution < -0.4 is 10.6 Å². The van der Waals surface area contributed by atoms with Gasteiger partial charge in [0.05, 0.1) is 12.2 Å². The van der Waals surface area contributed by atoms with Crippen molar-refractivity contribution in [1.82, 2.24) is 0 Å². The molecule has 2 aromatic rings. The zero-order chi connectivity index (χ0) is 18.9. The predicted octanol–water partition coefficient (Wildman–Crippen LogP) is 3.17. The lowest BCUT2D eigenvalue weighted by atomic mass is 10.1. The Hall–Kier alpha value is -2.37. The Morgan fingerprint density at radius 3 is 2.38 bits per heavy atom. The summed E-state index contributed by atoms with van der Waals surface area (Å²) in [6.45, 7) is 4.67. The fourth-order valence-corrected chi connectivity index (χ4v) is 2.49. The third kappa shape index (κ3) is 6.17. The molecule has 0 aliphatic heterocycles. The summed E-state index contributed by atoms with van der Waals surface area (Å²) in [6, 6.07) is 14.4. The maximum absolute atomic E-state index is 12.1.